The summed E-state index contributed by atoms with van der Waals surface area (Å²) in [7, 11) is 1.61. The summed E-state index contributed by atoms with van der Waals surface area (Å²) in [5.41, 5.74) is 3.71. The molecule has 0 atom stereocenters. The fourth-order valence-electron chi connectivity index (χ4n) is 3.74. The molecule has 2 aromatic rings. The summed E-state index contributed by atoms with van der Waals surface area (Å²) in [5.74, 6) is 1.25. The Labute approximate surface area is 179 Å². The Morgan fingerprint density at radius 1 is 1.07 bits per heavy atom. The molecule has 0 radical (unpaired) electrons. The average molecular weight is 409 g/mol. The first-order chi connectivity index (χ1) is 14.6. The molecular formula is C25H32N2O3. The molecule has 1 aliphatic heterocycles. The Morgan fingerprint density at radius 2 is 1.90 bits per heavy atom. The lowest BCUT2D eigenvalue weighted by atomic mass is 10.1. The topological polar surface area (TPSA) is 42.0 Å². The van der Waals surface area contributed by atoms with Gasteiger partial charge in [0.15, 0.2) is 18.1 Å². The fourth-order valence-corrected chi connectivity index (χ4v) is 3.74. The molecule has 1 aliphatic rings. The van der Waals surface area contributed by atoms with Crippen molar-refractivity contribution in [2.24, 2.45) is 0 Å². The number of carbonyl (C=O) groups excluding carboxylic acids is 1. The van der Waals surface area contributed by atoms with E-state index in [9.17, 15) is 4.79 Å². The SMILES string of the molecule is C/C=C/c1ccc(OCC(=O)N2CCCN(Cc3ccccc3C)CC2)c(OC)c1. The van der Waals surface area contributed by atoms with Crippen molar-refractivity contribution in [3.8, 4) is 11.5 Å². The summed E-state index contributed by atoms with van der Waals surface area (Å²) in [6, 6.07) is 14.2. The average Bonchev–Trinajstić information content (AvgIpc) is 3.00. The number of methoxy groups -OCH3 is 1. The third kappa shape index (κ3) is 5.86. The van der Waals surface area contributed by atoms with Gasteiger partial charge in [0.25, 0.3) is 5.91 Å². The van der Waals surface area contributed by atoms with Crippen LogP contribution in [0.1, 0.15) is 30.0 Å². The number of amides is 1. The van der Waals surface area contributed by atoms with Crippen molar-refractivity contribution in [3.63, 3.8) is 0 Å². The van der Waals surface area contributed by atoms with E-state index < -0.39 is 0 Å². The third-order valence-electron chi connectivity index (χ3n) is 5.49. The van der Waals surface area contributed by atoms with Gasteiger partial charge in [0.2, 0.25) is 0 Å². The van der Waals surface area contributed by atoms with Gasteiger partial charge in [-0.25, -0.2) is 0 Å². The molecule has 0 saturated carbocycles. The minimum absolute atomic E-state index is 0.0207. The van der Waals surface area contributed by atoms with E-state index in [2.05, 4.69) is 36.1 Å². The van der Waals surface area contributed by atoms with Gasteiger partial charge >= 0.3 is 0 Å². The molecule has 2 aromatic carbocycles. The minimum Gasteiger partial charge on any atom is -0.493 e. The van der Waals surface area contributed by atoms with Crippen molar-refractivity contribution in [1.29, 1.82) is 0 Å². The standard InChI is InChI=1S/C25H32N2O3/c1-4-8-21-11-12-23(24(17-21)29-3)30-19-25(28)27-14-7-13-26(15-16-27)18-22-10-6-5-9-20(22)2/h4-6,8-12,17H,7,13-16,18-19H2,1-3H3/b8-4+. The largest absolute Gasteiger partial charge is 0.493 e. The van der Waals surface area contributed by atoms with Crippen LogP contribution in [0.15, 0.2) is 48.5 Å². The molecule has 0 aromatic heterocycles. The van der Waals surface area contributed by atoms with E-state index >= 15 is 0 Å². The minimum atomic E-state index is 0.0207. The third-order valence-corrected chi connectivity index (χ3v) is 5.49. The Kier molecular flexibility index (Phi) is 7.91. The van der Waals surface area contributed by atoms with Crippen LogP contribution < -0.4 is 9.47 Å². The summed E-state index contributed by atoms with van der Waals surface area (Å²) in [6.07, 6.45) is 4.94. The highest BCUT2D eigenvalue weighted by Crippen LogP contribution is 2.28. The first kappa shape index (κ1) is 21.9. The van der Waals surface area contributed by atoms with Crippen molar-refractivity contribution in [1.82, 2.24) is 9.80 Å². The molecular weight excluding hydrogens is 376 g/mol. The highest BCUT2D eigenvalue weighted by Gasteiger charge is 2.20. The van der Waals surface area contributed by atoms with Crippen molar-refractivity contribution < 1.29 is 14.3 Å². The number of hydrogen-bond donors (Lipinski definition) is 0. The molecule has 1 saturated heterocycles. The molecule has 30 heavy (non-hydrogen) atoms. The molecule has 0 aliphatic carbocycles. The highest BCUT2D eigenvalue weighted by molar-refractivity contribution is 5.78. The molecule has 0 unspecified atom stereocenters. The zero-order chi connectivity index (χ0) is 21.3. The van der Waals surface area contributed by atoms with Gasteiger partial charge in [-0.2, -0.15) is 0 Å². The van der Waals surface area contributed by atoms with Crippen LogP contribution in [0, 0.1) is 6.92 Å². The molecule has 3 rings (SSSR count). The summed E-state index contributed by atoms with van der Waals surface area (Å²) in [5, 5.41) is 0. The number of aryl methyl sites for hydroxylation is 1. The van der Waals surface area contributed by atoms with Crippen LogP contribution in [0.25, 0.3) is 6.08 Å². The number of carbonyl (C=O) groups is 1. The van der Waals surface area contributed by atoms with Crippen LogP contribution in [-0.4, -0.2) is 55.6 Å². The van der Waals surface area contributed by atoms with Gasteiger partial charge in [-0.1, -0.05) is 42.5 Å². The van der Waals surface area contributed by atoms with E-state index in [-0.39, 0.29) is 12.5 Å². The molecule has 160 valence electrons. The van der Waals surface area contributed by atoms with Crippen molar-refractivity contribution in [2.75, 3.05) is 39.9 Å². The number of allylic oxidation sites excluding steroid dienone is 1. The number of hydrogen-bond acceptors (Lipinski definition) is 4. The van der Waals surface area contributed by atoms with E-state index in [0.717, 1.165) is 44.7 Å². The quantitative estimate of drug-likeness (QED) is 0.690. The zero-order valence-corrected chi connectivity index (χ0v) is 18.3. The first-order valence-corrected chi connectivity index (χ1v) is 10.6. The number of rotatable bonds is 7. The Hall–Kier alpha value is -2.79. The molecule has 0 spiro atoms. The van der Waals surface area contributed by atoms with E-state index in [4.69, 9.17) is 9.47 Å². The van der Waals surface area contributed by atoms with Gasteiger partial charge in [-0.05, 0) is 49.1 Å². The predicted molar refractivity (Wildman–Crippen MR) is 121 cm³/mol. The summed E-state index contributed by atoms with van der Waals surface area (Å²) >= 11 is 0. The highest BCUT2D eigenvalue weighted by atomic mass is 16.5. The van der Waals surface area contributed by atoms with Gasteiger partial charge in [0.05, 0.1) is 7.11 Å². The Morgan fingerprint density at radius 3 is 2.67 bits per heavy atom. The van der Waals surface area contributed by atoms with Gasteiger partial charge < -0.3 is 14.4 Å². The van der Waals surface area contributed by atoms with Crippen LogP contribution >= 0.6 is 0 Å². The Bertz CT molecular complexity index is 878. The van der Waals surface area contributed by atoms with Gasteiger partial charge in [-0.3, -0.25) is 9.69 Å². The van der Waals surface area contributed by atoms with Crippen LogP contribution in [-0.2, 0) is 11.3 Å². The molecule has 1 heterocycles. The lowest BCUT2D eigenvalue weighted by Gasteiger charge is -2.23. The maximum Gasteiger partial charge on any atom is 0.260 e. The van der Waals surface area contributed by atoms with E-state index in [1.807, 2.05) is 42.2 Å². The maximum absolute atomic E-state index is 12.7. The summed E-state index contributed by atoms with van der Waals surface area (Å²) in [4.78, 5) is 17.1. The van der Waals surface area contributed by atoms with E-state index in [1.54, 1.807) is 7.11 Å². The van der Waals surface area contributed by atoms with Crippen LogP contribution in [0.5, 0.6) is 11.5 Å². The van der Waals surface area contributed by atoms with Gasteiger partial charge in [0, 0.05) is 32.7 Å². The lowest BCUT2D eigenvalue weighted by Crippen LogP contribution is -2.38. The van der Waals surface area contributed by atoms with Gasteiger partial charge in [0.1, 0.15) is 0 Å². The lowest BCUT2D eigenvalue weighted by molar-refractivity contribution is -0.133. The maximum atomic E-state index is 12.7. The smallest absolute Gasteiger partial charge is 0.260 e. The number of nitrogens with zero attached hydrogens (tertiary/aromatic N) is 2. The summed E-state index contributed by atoms with van der Waals surface area (Å²) < 4.78 is 11.2. The monoisotopic (exact) mass is 408 g/mol. The zero-order valence-electron chi connectivity index (χ0n) is 18.3. The van der Waals surface area contributed by atoms with E-state index in [0.29, 0.717) is 11.5 Å². The number of ether oxygens (including phenoxy) is 2. The second kappa shape index (κ2) is 10.8. The van der Waals surface area contributed by atoms with Crippen LogP contribution in [0.3, 0.4) is 0 Å². The van der Waals surface area contributed by atoms with Crippen LogP contribution in [0.2, 0.25) is 0 Å². The Balaban J connectivity index is 1.53. The second-order valence-corrected chi connectivity index (χ2v) is 7.64. The molecule has 1 amide bonds. The molecule has 1 fully saturated rings. The van der Waals surface area contributed by atoms with Crippen molar-refractivity contribution in [2.45, 2.75) is 26.8 Å². The van der Waals surface area contributed by atoms with Gasteiger partial charge in [-0.15, -0.1) is 0 Å². The van der Waals surface area contributed by atoms with Crippen molar-refractivity contribution >= 4 is 12.0 Å². The molecule has 0 bridgehead atoms. The van der Waals surface area contributed by atoms with E-state index in [1.165, 1.54) is 11.1 Å². The first-order valence-electron chi connectivity index (χ1n) is 10.6. The molecule has 0 N–H and O–H groups in total. The summed E-state index contributed by atoms with van der Waals surface area (Å²) in [6.45, 7) is 8.45. The van der Waals surface area contributed by atoms with Crippen molar-refractivity contribution in [3.05, 3.63) is 65.2 Å². The second-order valence-electron chi connectivity index (χ2n) is 7.64. The fraction of sp³-hybridized carbons (Fsp3) is 0.400. The normalized spacial score (nSPS) is 15.2. The predicted octanol–water partition coefficient (Wildman–Crippen LogP) is 4.15. The number of benzene rings is 2. The molecule has 5 heteroatoms. The molecule has 5 nitrogen and oxygen atoms in total. The van der Waals surface area contributed by atoms with Crippen LogP contribution in [0.4, 0.5) is 0 Å².